The molecule has 0 spiro atoms. The van der Waals surface area contributed by atoms with Crippen LogP contribution in [0.1, 0.15) is 24.2 Å². The molecule has 0 saturated carbocycles. The van der Waals surface area contributed by atoms with E-state index in [0.29, 0.717) is 52.4 Å². The first-order chi connectivity index (χ1) is 15.5. The van der Waals surface area contributed by atoms with Crippen molar-refractivity contribution in [2.75, 3.05) is 29.2 Å². The number of ether oxygens (including phenoxy) is 2. The van der Waals surface area contributed by atoms with Gasteiger partial charge in [0.25, 0.3) is 5.91 Å². The van der Waals surface area contributed by atoms with E-state index < -0.39 is 6.03 Å². The lowest BCUT2D eigenvalue weighted by molar-refractivity contribution is 0.102. The molecule has 0 aliphatic carbocycles. The first-order valence-electron chi connectivity index (χ1n) is 10.1. The molecule has 0 fully saturated rings. The molecule has 0 heterocycles. The van der Waals surface area contributed by atoms with E-state index in [1.165, 1.54) is 0 Å². The Bertz CT molecular complexity index is 1070. The predicted octanol–water partition coefficient (Wildman–Crippen LogP) is 6.03. The van der Waals surface area contributed by atoms with Gasteiger partial charge in [0.15, 0.2) is 0 Å². The number of hydrogen-bond acceptors (Lipinski definition) is 4. The Balaban J connectivity index is 1.85. The summed E-state index contributed by atoms with van der Waals surface area (Å²) < 4.78 is 11.4. The zero-order chi connectivity index (χ0) is 22.9. The Morgan fingerprint density at radius 2 is 1.34 bits per heavy atom. The molecule has 0 aliphatic rings. The highest BCUT2D eigenvalue weighted by atomic mass is 35.5. The van der Waals surface area contributed by atoms with Crippen molar-refractivity contribution in [3.05, 3.63) is 77.3 Å². The van der Waals surface area contributed by atoms with Crippen LogP contribution in [-0.4, -0.2) is 25.2 Å². The maximum atomic E-state index is 12.6. The molecule has 0 saturated heterocycles. The molecule has 32 heavy (non-hydrogen) atoms. The molecule has 0 aromatic heterocycles. The molecule has 0 bridgehead atoms. The number of rotatable bonds is 8. The lowest BCUT2D eigenvalue weighted by Gasteiger charge is -2.18. The van der Waals surface area contributed by atoms with Crippen molar-refractivity contribution in [3.63, 3.8) is 0 Å². The van der Waals surface area contributed by atoms with Crippen molar-refractivity contribution < 1.29 is 19.1 Å². The van der Waals surface area contributed by atoms with E-state index in [0.717, 1.165) is 0 Å². The third kappa shape index (κ3) is 6.15. The topological polar surface area (TPSA) is 88.7 Å². The fraction of sp³-hybridized carbons (Fsp3) is 0.167. The van der Waals surface area contributed by atoms with Gasteiger partial charge in [-0.25, -0.2) is 4.79 Å². The molecule has 0 unspecified atom stereocenters. The van der Waals surface area contributed by atoms with Crippen molar-refractivity contribution in [1.29, 1.82) is 0 Å². The number of amides is 3. The van der Waals surface area contributed by atoms with Crippen molar-refractivity contribution in [2.45, 2.75) is 13.8 Å². The number of nitrogens with one attached hydrogen (secondary N) is 3. The molecule has 3 rings (SSSR count). The van der Waals surface area contributed by atoms with E-state index in [9.17, 15) is 9.59 Å². The van der Waals surface area contributed by atoms with E-state index in [4.69, 9.17) is 21.1 Å². The van der Waals surface area contributed by atoms with E-state index in [1.54, 1.807) is 60.7 Å². The first-order valence-corrected chi connectivity index (χ1v) is 10.5. The van der Waals surface area contributed by atoms with Crippen LogP contribution in [-0.2, 0) is 0 Å². The third-order valence-electron chi connectivity index (χ3n) is 4.32. The van der Waals surface area contributed by atoms with Gasteiger partial charge in [-0.1, -0.05) is 29.8 Å². The Morgan fingerprint density at radius 1 is 0.781 bits per heavy atom. The minimum atomic E-state index is -0.461. The van der Waals surface area contributed by atoms with E-state index >= 15 is 0 Å². The molecular weight excluding hydrogens is 430 g/mol. The van der Waals surface area contributed by atoms with Gasteiger partial charge >= 0.3 is 6.03 Å². The summed E-state index contributed by atoms with van der Waals surface area (Å²) in [5.41, 5.74) is 1.94. The van der Waals surface area contributed by atoms with Gasteiger partial charge in [-0.3, -0.25) is 4.79 Å². The lowest BCUT2D eigenvalue weighted by Crippen LogP contribution is -2.20. The van der Waals surface area contributed by atoms with Crippen molar-refractivity contribution in [3.8, 4) is 11.5 Å². The van der Waals surface area contributed by atoms with Crippen LogP contribution in [0, 0.1) is 0 Å². The highest BCUT2D eigenvalue weighted by Gasteiger charge is 2.17. The van der Waals surface area contributed by atoms with Gasteiger partial charge < -0.3 is 25.4 Å². The maximum absolute atomic E-state index is 12.6. The van der Waals surface area contributed by atoms with Crippen LogP contribution in [0.5, 0.6) is 11.5 Å². The number of carbonyl (C=O) groups is 2. The van der Waals surface area contributed by atoms with Crippen LogP contribution in [0.3, 0.4) is 0 Å². The SMILES string of the molecule is CCOc1cc(NC(=O)c2ccccc2)c(OCC)cc1NC(=O)Nc1ccc(Cl)cc1. The van der Waals surface area contributed by atoms with Crippen LogP contribution in [0.25, 0.3) is 0 Å². The minimum Gasteiger partial charge on any atom is -0.492 e. The highest BCUT2D eigenvalue weighted by Crippen LogP contribution is 2.37. The number of hydrogen-bond donors (Lipinski definition) is 3. The van der Waals surface area contributed by atoms with Gasteiger partial charge in [-0.2, -0.15) is 0 Å². The van der Waals surface area contributed by atoms with Crippen LogP contribution >= 0.6 is 11.6 Å². The van der Waals surface area contributed by atoms with E-state index in [2.05, 4.69) is 16.0 Å². The minimum absolute atomic E-state index is 0.282. The summed E-state index contributed by atoms with van der Waals surface area (Å²) in [5.74, 6) is 0.516. The number of halogens is 1. The summed E-state index contributed by atoms with van der Waals surface area (Å²) in [6.45, 7) is 4.40. The zero-order valence-electron chi connectivity index (χ0n) is 17.8. The van der Waals surface area contributed by atoms with Gasteiger partial charge in [0, 0.05) is 28.4 Å². The number of urea groups is 1. The molecule has 166 valence electrons. The molecular formula is C24H24ClN3O4. The Hall–Kier alpha value is -3.71. The molecule has 7 nitrogen and oxygen atoms in total. The number of anilines is 3. The molecule has 3 aromatic rings. The first kappa shape index (κ1) is 23.0. The Morgan fingerprint density at radius 3 is 1.91 bits per heavy atom. The number of benzene rings is 3. The average molecular weight is 454 g/mol. The van der Waals surface area contributed by atoms with Gasteiger partial charge in [-0.05, 0) is 50.2 Å². The van der Waals surface area contributed by atoms with Crippen molar-refractivity contribution in [2.24, 2.45) is 0 Å². The van der Waals surface area contributed by atoms with Gasteiger partial charge in [0.2, 0.25) is 0 Å². The highest BCUT2D eigenvalue weighted by molar-refractivity contribution is 6.30. The summed E-state index contributed by atoms with van der Waals surface area (Å²) >= 11 is 5.88. The van der Waals surface area contributed by atoms with Gasteiger partial charge in [0.05, 0.1) is 24.6 Å². The van der Waals surface area contributed by atoms with Crippen LogP contribution in [0.2, 0.25) is 5.02 Å². The average Bonchev–Trinajstić information content (AvgIpc) is 2.79. The van der Waals surface area contributed by atoms with Crippen molar-refractivity contribution in [1.82, 2.24) is 0 Å². The Kier molecular flexibility index (Phi) is 7.94. The van der Waals surface area contributed by atoms with Crippen LogP contribution in [0.4, 0.5) is 21.9 Å². The third-order valence-corrected chi connectivity index (χ3v) is 4.57. The quantitative estimate of drug-likeness (QED) is 0.388. The summed E-state index contributed by atoms with van der Waals surface area (Å²) in [6, 6.07) is 18.4. The molecule has 3 aromatic carbocycles. The predicted molar refractivity (Wildman–Crippen MR) is 127 cm³/mol. The fourth-order valence-corrected chi connectivity index (χ4v) is 3.03. The number of carbonyl (C=O) groups excluding carboxylic acids is 2. The summed E-state index contributed by atoms with van der Waals surface area (Å²) in [6.07, 6.45) is 0. The van der Waals surface area contributed by atoms with E-state index in [1.807, 2.05) is 19.9 Å². The maximum Gasteiger partial charge on any atom is 0.323 e. The molecule has 3 N–H and O–H groups in total. The summed E-state index contributed by atoms with van der Waals surface area (Å²) in [7, 11) is 0. The molecule has 3 amide bonds. The fourth-order valence-electron chi connectivity index (χ4n) is 2.91. The molecule has 0 atom stereocenters. The summed E-state index contributed by atoms with van der Waals surface area (Å²) in [4.78, 5) is 25.2. The van der Waals surface area contributed by atoms with Gasteiger partial charge in [-0.15, -0.1) is 0 Å². The normalized spacial score (nSPS) is 10.2. The second-order valence-corrected chi connectivity index (χ2v) is 7.05. The van der Waals surface area contributed by atoms with Gasteiger partial charge in [0.1, 0.15) is 11.5 Å². The standard InChI is InChI=1S/C24H24ClN3O4/c1-3-31-21-15-20(28-24(30)26-18-12-10-17(25)11-13-18)22(32-4-2)14-19(21)27-23(29)16-8-6-5-7-9-16/h5-15H,3-4H2,1-2H3,(H,27,29)(H2,26,28,30). The summed E-state index contributed by atoms with van der Waals surface area (Å²) in [5, 5.41) is 8.93. The second kappa shape index (κ2) is 11.1. The largest absolute Gasteiger partial charge is 0.492 e. The zero-order valence-corrected chi connectivity index (χ0v) is 18.5. The van der Waals surface area contributed by atoms with Crippen molar-refractivity contribution >= 4 is 40.6 Å². The van der Waals surface area contributed by atoms with E-state index in [-0.39, 0.29) is 5.91 Å². The van der Waals surface area contributed by atoms with Crippen LogP contribution in [0.15, 0.2) is 66.7 Å². The lowest BCUT2D eigenvalue weighted by atomic mass is 10.2. The molecule has 8 heteroatoms. The monoisotopic (exact) mass is 453 g/mol. The molecule has 0 aliphatic heterocycles. The van der Waals surface area contributed by atoms with Crippen LogP contribution < -0.4 is 25.4 Å². The molecule has 0 radical (unpaired) electrons. The second-order valence-electron chi connectivity index (χ2n) is 6.62. The smallest absolute Gasteiger partial charge is 0.323 e. The Labute approximate surface area is 191 Å².